The lowest BCUT2D eigenvalue weighted by Gasteiger charge is -2.19. The van der Waals surface area contributed by atoms with Crippen molar-refractivity contribution in [2.75, 3.05) is 18.9 Å². The molecule has 2 aliphatic rings. The van der Waals surface area contributed by atoms with Crippen LogP contribution in [0.15, 0.2) is 0 Å². The van der Waals surface area contributed by atoms with E-state index in [4.69, 9.17) is 15.2 Å². The number of carbonyl (C=O) groups is 4. The minimum atomic E-state index is -0.797. The molecule has 0 unspecified atom stereocenters. The molecule has 2 atom stereocenters. The fourth-order valence-electron chi connectivity index (χ4n) is 3.82. The highest BCUT2D eigenvalue weighted by Gasteiger charge is 2.48. The summed E-state index contributed by atoms with van der Waals surface area (Å²) in [5.74, 6) is -2.81. The zero-order chi connectivity index (χ0) is 21.1. The molecule has 1 aromatic rings. The number of nitrogens with two attached hydrogens (primary N) is 1. The molecule has 9 nitrogen and oxygen atoms in total. The van der Waals surface area contributed by atoms with Gasteiger partial charge in [-0.1, -0.05) is 12.8 Å². The van der Waals surface area contributed by atoms with Crippen molar-refractivity contribution >= 4 is 40.1 Å². The van der Waals surface area contributed by atoms with Crippen molar-refractivity contribution in [1.82, 2.24) is 4.90 Å². The van der Waals surface area contributed by atoms with Crippen molar-refractivity contribution in [3.63, 3.8) is 0 Å². The number of rotatable bonds is 6. The number of ether oxygens (including phenoxy) is 2. The number of amides is 2. The van der Waals surface area contributed by atoms with Crippen LogP contribution in [0.3, 0.4) is 0 Å². The molecule has 3 rings (SSSR count). The van der Waals surface area contributed by atoms with Crippen molar-refractivity contribution in [3.05, 3.63) is 16.0 Å². The molecule has 0 radical (unpaired) electrons. The molecule has 0 aromatic carbocycles. The monoisotopic (exact) mass is 419 g/mol. The van der Waals surface area contributed by atoms with E-state index in [2.05, 4.69) is 0 Å². The average molecular weight is 419 g/mol. The Labute approximate surface area is 171 Å². The number of likely N-dealkylation sites (tertiary alicyclic amines) is 1. The molecular formula is C19H21N3O6S. The molecule has 29 heavy (non-hydrogen) atoms. The number of nitrogens with zero attached hydrogens (tertiary/aromatic N) is 2. The lowest BCUT2D eigenvalue weighted by atomic mass is 9.81. The molecule has 0 bridgehead atoms. The quantitative estimate of drug-likeness (QED) is 0.541. The van der Waals surface area contributed by atoms with E-state index in [9.17, 15) is 24.4 Å². The van der Waals surface area contributed by atoms with E-state index >= 15 is 0 Å². The maximum atomic E-state index is 12.5. The van der Waals surface area contributed by atoms with Crippen LogP contribution in [-0.4, -0.2) is 41.8 Å². The standard InChI is InChI=1S/C19H21N3O6S/c1-2-27-19(26)15-13(12(7-20)16(21)29-15)9-28-14(23)8-22-17(24)10-5-3-4-6-11(10)18(22)25/h10-11H,2-6,8-9,21H2,1H3/t10-,11-/m0/s1. The molecule has 1 saturated carbocycles. The first-order valence-corrected chi connectivity index (χ1v) is 10.2. The summed E-state index contributed by atoms with van der Waals surface area (Å²) in [7, 11) is 0. The predicted octanol–water partition coefficient (Wildman–Crippen LogP) is 1.60. The Balaban J connectivity index is 1.68. The Morgan fingerprint density at radius 2 is 1.83 bits per heavy atom. The van der Waals surface area contributed by atoms with E-state index in [-0.39, 0.29) is 57.9 Å². The first-order valence-electron chi connectivity index (χ1n) is 9.38. The highest BCUT2D eigenvalue weighted by atomic mass is 32.1. The Hall–Kier alpha value is -2.93. The van der Waals surface area contributed by atoms with E-state index in [1.165, 1.54) is 0 Å². The van der Waals surface area contributed by atoms with Crippen LogP contribution in [0.4, 0.5) is 5.00 Å². The fourth-order valence-corrected chi connectivity index (χ4v) is 4.74. The number of hydrogen-bond donors (Lipinski definition) is 1. The second-order valence-corrected chi connectivity index (χ2v) is 7.95. The van der Waals surface area contributed by atoms with E-state index < -0.39 is 18.5 Å². The highest BCUT2D eigenvalue weighted by molar-refractivity contribution is 7.18. The van der Waals surface area contributed by atoms with Gasteiger partial charge in [-0.05, 0) is 19.8 Å². The number of esters is 2. The summed E-state index contributed by atoms with van der Waals surface area (Å²) < 4.78 is 10.1. The third kappa shape index (κ3) is 3.96. The van der Waals surface area contributed by atoms with Gasteiger partial charge in [-0.3, -0.25) is 19.3 Å². The molecule has 2 amide bonds. The first-order chi connectivity index (χ1) is 13.9. The van der Waals surface area contributed by atoms with Crippen LogP contribution in [-0.2, 0) is 30.5 Å². The summed E-state index contributed by atoms with van der Waals surface area (Å²) in [5.41, 5.74) is 5.99. The molecule has 0 spiro atoms. The average Bonchev–Trinajstić information content (AvgIpc) is 3.16. The van der Waals surface area contributed by atoms with Crippen molar-refractivity contribution in [2.24, 2.45) is 11.8 Å². The van der Waals surface area contributed by atoms with Gasteiger partial charge in [-0.2, -0.15) is 5.26 Å². The molecule has 2 N–H and O–H groups in total. The van der Waals surface area contributed by atoms with Gasteiger partial charge in [-0.15, -0.1) is 11.3 Å². The van der Waals surface area contributed by atoms with E-state index in [1.54, 1.807) is 6.92 Å². The number of nitrogen functional groups attached to an aromatic ring is 1. The van der Waals surface area contributed by atoms with Crippen LogP contribution in [0.5, 0.6) is 0 Å². The summed E-state index contributed by atoms with van der Waals surface area (Å²) in [6.45, 7) is 0.911. The van der Waals surface area contributed by atoms with Crippen LogP contribution in [0.2, 0.25) is 0 Å². The normalized spacial score (nSPS) is 20.9. The second-order valence-electron chi connectivity index (χ2n) is 6.90. The predicted molar refractivity (Wildman–Crippen MR) is 101 cm³/mol. The fraction of sp³-hybridized carbons (Fsp3) is 0.526. The molecule has 1 saturated heterocycles. The molecule has 2 fully saturated rings. The highest BCUT2D eigenvalue weighted by Crippen LogP contribution is 2.38. The van der Waals surface area contributed by atoms with Crippen molar-refractivity contribution < 1.29 is 28.7 Å². The third-order valence-corrected chi connectivity index (χ3v) is 6.25. The molecule has 2 heterocycles. The zero-order valence-electron chi connectivity index (χ0n) is 15.9. The number of fused-ring (bicyclic) bond motifs is 1. The summed E-state index contributed by atoms with van der Waals surface area (Å²) >= 11 is 0.883. The van der Waals surface area contributed by atoms with E-state index in [1.807, 2.05) is 6.07 Å². The topological polar surface area (TPSA) is 140 Å². The summed E-state index contributed by atoms with van der Waals surface area (Å²) in [6.07, 6.45) is 3.10. The minimum Gasteiger partial charge on any atom is -0.462 e. The maximum absolute atomic E-state index is 12.5. The number of imide groups is 1. The third-order valence-electron chi connectivity index (χ3n) is 5.20. The van der Waals surface area contributed by atoms with Crippen LogP contribution in [0.25, 0.3) is 0 Å². The second kappa shape index (κ2) is 8.61. The maximum Gasteiger partial charge on any atom is 0.348 e. The first kappa shape index (κ1) is 20.8. The number of carbonyl (C=O) groups excluding carboxylic acids is 4. The molecule has 10 heteroatoms. The van der Waals surface area contributed by atoms with Crippen LogP contribution < -0.4 is 5.73 Å². The number of anilines is 1. The Morgan fingerprint density at radius 1 is 1.21 bits per heavy atom. The molecule has 1 aromatic heterocycles. The van der Waals surface area contributed by atoms with E-state index in [0.717, 1.165) is 29.1 Å². The minimum absolute atomic E-state index is 0.0465. The number of nitriles is 1. The van der Waals surface area contributed by atoms with Crippen molar-refractivity contribution in [1.29, 1.82) is 5.26 Å². The van der Waals surface area contributed by atoms with Crippen LogP contribution in [0, 0.1) is 23.2 Å². The van der Waals surface area contributed by atoms with Gasteiger partial charge in [0.1, 0.15) is 29.1 Å². The summed E-state index contributed by atoms with van der Waals surface area (Å²) in [6, 6.07) is 1.89. The van der Waals surface area contributed by atoms with Gasteiger partial charge >= 0.3 is 11.9 Å². The zero-order valence-corrected chi connectivity index (χ0v) is 16.8. The van der Waals surface area contributed by atoms with E-state index in [0.29, 0.717) is 12.8 Å². The summed E-state index contributed by atoms with van der Waals surface area (Å²) in [4.78, 5) is 50.3. The largest absolute Gasteiger partial charge is 0.462 e. The van der Waals surface area contributed by atoms with Crippen LogP contribution in [0.1, 0.15) is 53.4 Å². The smallest absolute Gasteiger partial charge is 0.348 e. The molecular weight excluding hydrogens is 398 g/mol. The Kier molecular flexibility index (Phi) is 6.17. The van der Waals surface area contributed by atoms with Gasteiger partial charge in [0.2, 0.25) is 11.8 Å². The van der Waals surface area contributed by atoms with Gasteiger partial charge in [0.25, 0.3) is 0 Å². The van der Waals surface area contributed by atoms with Gasteiger partial charge in [0.15, 0.2) is 0 Å². The molecule has 1 aliphatic carbocycles. The van der Waals surface area contributed by atoms with Gasteiger partial charge in [0.05, 0.1) is 24.0 Å². The Morgan fingerprint density at radius 3 is 2.38 bits per heavy atom. The van der Waals surface area contributed by atoms with Gasteiger partial charge in [-0.25, -0.2) is 4.79 Å². The van der Waals surface area contributed by atoms with Gasteiger partial charge in [0, 0.05) is 5.56 Å². The van der Waals surface area contributed by atoms with Crippen molar-refractivity contribution in [2.45, 2.75) is 39.2 Å². The lowest BCUT2D eigenvalue weighted by molar-refractivity contribution is -0.153. The lowest BCUT2D eigenvalue weighted by Crippen LogP contribution is -2.36. The van der Waals surface area contributed by atoms with Crippen LogP contribution >= 0.6 is 11.3 Å². The SMILES string of the molecule is CCOC(=O)c1sc(N)c(C#N)c1COC(=O)CN1C(=O)[C@H]2CCCC[C@@H]2C1=O. The Bertz CT molecular complexity index is 878. The number of hydrogen-bond acceptors (Lipinski definition) is 9. The summed E-state index contributed by atoms with van der Waals surface area (Å²) in [5, 5.41) is 9.41. The van der Waals surface area contributed by atoms with Gasteiger partial charge < -0.3 is 15.2 Å². The molecule has 1 aliphatic heterocycles. The number of thiophene rings is 1. The van der Waals surface area contributed by atoms with Crippen molar-refractivity contribution in [3.8, 4) is 6.07 Å². The molecule has 154 valence electrons.